The van der Waals surface area contributed by atoms with Crippen LogP contribution in [0.2, 0.25) is 0 Å². The maximum absolute atomic E-state index is 6.05. The van der Waals surface area contributed by atoms with Crippen LogP contribution in [0.4, 0.5) is 0 Å². The molecule has 0 aliphatic carbocycles. The van der Waals surface area contributed by atoms with Gasteiger partial charge in [0, 0.05) is 31.5 Å². The number of piperidine rings is 1. The molecule has 1 saturated heterocycles. The molecule has 4 heteroatoms. The minimum atomic E-state index is 0.332. The van der Waals surface area contributed by atoms with Crippen LogP contribution in [0.1, 0.15) is 37.7 Å². The summed E-state index contributed by atoms with van der Waals surface area (Å²) in [6.45, 7) is 8.58. The molecule has 94 valence electrons. The van der Waals surface area contributed by atoms with Gasteiger partial charge in [0.05, 0.1) is 17.4 Å². The number of likely N-dealkylation sites (tertiary alicyclic amines) is 1. The molecular weight excluding hydrogens is 212 g/mol. The maximum Gasteiger partial charge on any atom is 0.0784 e. The molecule has 2 heterocycles. The Morgan fingerprint density at radius 2 is 2.12 bits per heavy atom. The van der Waals surface area contributed by atoms with Crippen molar-refractivity contribution in [1.82, 2.24) is 14.9 Å². The van der Waals surface area contributed by atoms with Gasteiger partial charge >= 0.3 is 0 Å². The van der Waals surface area contributed by atoms with E-state index < -0.39 is 0 Å². The minimum Gasteiger partial charge on any atom is -0.327 e. The molecule has 2 N–H and O–H groups in total. The second-order valence-electron chi connectivity index (χ2n) is 5.13. The van der Waals surface area contributed by atoms with Gasteiger partial charge in [0.25, 0.3) is 0 Å². The molecule has 0 amide bonds. The Morgan fingerprint density at radius 1 is 1.41 bits per heavy atom. The molecule has 0 spiro atoms. The number of aromatic nitrogens is 2. The van der Waals surface area contributed by atoms with Crippen molar-refractivity contribution in [2.24, 2.45) is 11.7 Å². The van der Waals surface area contributed by atoms with Crippen LogP contribution in [-0.4, -0.2) is 34.0 Å². The molecule has 1 aromatic rings. The quantitative estimate of drug-likeness (QED) is 0.843. The topological polar surface area (TPSA) is 55.0 Å². The number of hydrogen-bond donors (Lipinski definition) is 1. The number of rotatable bonds is 2. The van der Waals surface area contributed by atoms with E-state index in [4.69, 9.17) is 5.73 Å². The molecule has 3 atom stereocenters. The lowest BCUT2D eigenvalue weighted by molar-refractivity contribution is 0.121. The highest BCUT2D eigenvalue weighted by molar-refractivity contribution is 5.13. The molecule has 2 rings (SSSR count). The molecule has 17 heavy (non-hydrogen) atoms. The highest BCUT2D eigenvalue weighted by Crippen LogP contribution is 2.25. The van der Waals surface area contributed by atoms with E-state index in [1.165, 1.54) is 0 Å². The second kappa shape index (κ2) is 5.10. The highest BCUT2D eigenvalue weighted by atomic mass is 15.2. The van der Waals surface area contributed by atoms with Crippen LogP contribution in [-0.2, 0) is 0 Å². The molecule has 0 aromatic carbocycles. The third-order valence-electron chi connectivity index (χ3n) is 3.87. The van der Waals surface area contributed by atoms with E-state index in [1.54, 1.807) is 12.4 Å². The number of aryl methyl sites for hydroxylation is 1. The van der Waals surface area contributed by atoms with E-state index in [0.29, 0.717) is 18.0 Å². The summed E-state index contributed by atoms with van der Waals surface area (Å²) in [5.74, 6) is 0.558. The molecule has 4 nitrogen and oxygen atoms in total. The van der Waals surface area contributed by atoms with Gasteiger partial charge in [-0.25, -0.2) is 0 Å². The van der Waals surface area contributed by atoms with Crippen molar-refractivity contribution >= 4 is 0 Å². The third kappa shape index (κ3) is 2.64. The van der Waals surface area contributed by atoms with Crippen LogP contribution in [0.25, 0.3) is 0 Å². The van der Waals surface area contributed by atoms with Gasteiger partial charge in [-0.15, -0.1) is 0 Å². The van der Waals surface area contributed by atoms with Crippen LogP contribution < -0.4 is 5.73 Å². The predicted molar refractivity (Wildman–Crippen MR) is 68.5 cm³/mol. The first-order valence-electron chi connectivity index (χ1n) is 6.36. The maximum atomic E-state index is 6.05. The van der Waals surface area contributed by atoms with Gasteiger partial charge in [-0.3, -0.25) is 14.9 Å². The van der Waals surface area contributed by atoms with Gasteiger partial charge in [-0.2, -0.15) is 0 Å². The van der Waals surface area contributed by atoms with Gasteiger partial charge in [0.15, 0.2) is 0 Å². The van der Waals surface area contributed by atoms with E-state index in [9.17, 15) is 0 Å². The van der Waals surface area contributed by atoms with Crippen LogP contribution in [0.3, 0.4) is 0 Å². The molecule has 1 aliphatic rings. The fourth-order valence-electron chi connectivity index (χ4n) is 2.55. The number of nitrogens with two attached hydrogens (primary N) is 1. The number of hydrogen-bond acceptors (Lipinski definition) is 4. The molecule has 0 bridgehead atoms. The van der Waals surface area contributed by atoms with Crippen LogP contribution in [0, 0.1) is 12.8 Å². The lowest BCUT2D eigenvalue weighted by Crippen LogP contribution is -2.46. The van der Waals surface area contributed by atoms with Gasteiger partial charge in [0.2, 0.25) is 0 Å². The van der Waals surface area contributed by atoms with Gasteiger partial charge in [-0.1, -0.05) is 6.92 Å². The summed E-state index contributed by atoms with van der Waals surface area (Å²) in [6.07, 6.45) is 4.60. The molecule has 1 aromatic heterocycles. The molecule has 1 fully saturated rings. The smallest absolute Gasteiger partial charge is 0.0784 e. The lowest BCUT2D eigenvalue weighted by atomic mass is 9.93. The number of nitrogens with zero attached hydrogens (tertiary/aromatic N) is 3. The van der Waals surface area contributed by atoms with Gasteiger partial charge in [-0.05, 0) is 26.2 Å². The van der Waals surface area contributed by atoms with Gasteiger partial charge in [0.1, 0.15) is 0 Å². The summed E-state index contributed by atoms with van der Waals surface area (Å²) < 4.78 is 0. The monoisotopic (exact) mass is 234 g/mol. The zero-order chi connectivity index (χ0) is 12.4. The summed E-state index contributed by atoms with van der Waals surface area (Å²) in [6, 6.07) is 0.681. The predicted octanol–water partition coefficient (Wildman–Crippen LogP) is 1.52. The Bertz CT molecular complexity index is 379. The van der Waals surface area contributed by atoms with Crippen molar-refractivity contribution in [2.75, 3.05) is 13.1 Å². The first kappa shape index (κ1) is 12.5. The standard InChI is InChI=1S/C13H22N4/c1-9-8-17(7-4-12(9)14)11(3)13-10(2)15-5-6-16-13/h5-6,9,11-12H,4,7-8,14H2,1-3H3. The van der Waals surface area contributed by atoms with E-state index >= 15 is 0 Å². The van der Waals surface area contributed by atoms with Crippen molar-refractivity contribution in [3.63, 3.8) is 0 Å². The zero-order valence-electron chi connectivity index (χ0n) is 10.9. The van der Waals surface area contributed by atoms with Crippen molar-refractivity contribution in [1.29, 1.82) is 0 Å². The average molecular weight is 234 g/mol. The molecular formula is C13H22N4. The zero-order valence-corrected chi connectivity index (χ0v) is 10.9. The average Bonchev–Trinajstić information content (AvgIpc) is 2.32. The van der Waals surface area contributed by atoms with Crippen molar-refractivity contribution in [2.45, 2.75) is 39.3 Å². The first-order valence-corrected chi connectivity index (χ1v) is 6.36. The second-order valence-corrected chi connectivity index (χ2v) is 5.13. The highest BCUT2D eigenvalue weighted by Gasteiger charge is 2.27. The van der Waals surface area contributed by atoms with Crippen molar-refractivity contribution in [3.8, 4) is 0 Å². The van der Waals surface area contributed by atoms with Crippen molar-refractivity contribution < 1.29 is 0 Å². The summed E-state index contributed by atoms with van der Waals surface area (Å²) in [5.41, 5.74) is 8.18. The van der Waals surface area contributed by atoms with Gasteiger partial charge < -0.3 is 5.73 Å². The fraction of sp³-hybridized carbons (Fsp3) is 0.692. The summed E-state index contributed by atoms with van der Waals surface area (Å²) in [7, 11) is 0. The van der Waals surface area contributed by atoms with Crippen LogP contribution >= 0.6 is 0 Å². The summed E-state index contributed by atoms with van der Waals surface area (Å²) in [5, 5.41) is 0. The van der Waals surface area contributed by atoms with E-state index in [1.807, 2.05) is 6.92 Å². The Morgan fingerprint density at radius 3 is 2.76 bits per heavy atom. The Kier molecular flexibility index (Phi) is 3.74. The fourth-order valence-corrected chi connectivity index (χ4v) is 2.55. The summed E-state index contributed by atoms with van der Waals surface area (Å²) in [4.78, 5) is 11.2. The largest absolute Gasteiger partial charge is 0.327 e. The Balaban J connectivity index is 2.10. The lowest BCUT2D eigenvalue weighted by Gasteiger charge is -2.38. The third-order valence-corrected chi connectivity index (χ3v) is 3.87. The first-order chi connectivity index (χ1) is 8.09. The van der Waals surface area contributed by atoms with Crippen LogP contribution in [0.5, 0.6) is 0 Å². The molecule has 3 unspecified atom stereocenters. The minimum absolute atomic E-state index is 0.332. The Labute approximate surface area is 103 Å². The van der Waals surface area contributed by atoms with Crippen molar-refractivity contribution in [3.05, 3.63) is 23.8 Å². The van der Waals surface area contributed by atoms with E-state index in [-0.39, 0.29) is 0 Å². The molecule has 0 radical (unpaired) electrons. The normalized spacial score (nSPS) is 28.0. The molecule has 0 saturated carbocycles. The van der Waals surface area contributed by atoms with E-state index in [0.717, 1.165) is 30.9 Å². The SMILES string of the molecule is Cc1nccnc1C(C)N1CCC(N)C(C)C1. The Hall–Kier alpha value is -1.00. The summed E-state index contributed by atoms with van der Waals surface area (Å²) >= 11 is 0. The molecule has 1 aliphatic heterocycles. The van der Waals surface area contributed by atoms with Crippen LogP contribution in [0.15, 0.2) is 12.4 Å². The van der Waals surface area contributed by atoms with E-state index in [2.05, 4.69) is 28.7 Å².